The fourth-order valence-electron chi connectivity index (χ4n) is 2.84. The fraction of sp³-hybridized carbons (Fsp3) is 0.476. The SMILES string of the molecule is CCC(C)N(C)CC(=O)NCCN1C(=O)S/C(=C/c2ccc(OC)c(OC)c2)C1=O. The number of ether oxygens (including phenoxy) is 2. The Morgan fingerprint density at radius 2 is 1.97 bits per heavy atom. The Hall–Kier alpha value is -2.52. The number of hydrogen-bond acceptors (Lipinski definition) is 7. The summed E-state index contributed by atoms with van der Waals surface area (Å²) in [5, 5.41) is 2.42. The summed E-state index contributed by atoms with van der Waals surface area (Å²) >= 11 is 0.882. The molecule has 0 aromatic heterocycles. The van der Waals surface area contributed by atoms with E-state index in [0.717, 1.165) is 28.6 Å². The molecule has 30 heavy (non-hydrogen) atoms. The van der Waals surface area contributed by atoms with E-state index in [1.807, 2.05) is 11.9 Å². The number of nitrogens with zero attached hydrogens (tertiary/aromatic N) is 2. The van der Waals surface area contributed by atoms with E-state index >= 15 is 0 Å². The van der Waals surface area contributed by atoms with Gasteiger partial charge >= 0.3 is 0 Å². The molecule has 1 atom stereocenters. The zero-order valence-corrected chi connectivity index (χ0v) is 18.9. The molecule has 1 aromatic rings. The van der Waals surface area contributed by atoms with Crippen molar-refractivity contribution in [1.82, 2.24) is 15.1 Å². The summed E-state index contributed by atoms with van der Waals surface area (Å²) in [6.45, 7) is 4.74. The van der Waals surface area contributed by atoms with Gasteiger partial charge < -0.3 is 14.8 Å². The van der Waals surface area contributed by atoms with Crippen LogP contribution in [0.3, 0.4) is 0 Å². The van der Waals surface area contributed by atoms with Gasteiger partial charge in [0.2, 0.25) is 5.91 Å². The largest absolute Gasteiger partial charge is 0.493 e. The average Bonchev–Trinajstić information content (AvgIpc) is 3.00. The monoisotopic (exact) mass is 435 g/mol. The van der Waals surface area contributed by atoms with E-state index in [1.165, 1.54) is 7.11 Å². The van der Waals surface area contributed by atoms with Gasteiger partial charge in [0, 0.05) is 19.1 Å². The van der Waals surface area contributed by atoms with Crippen LogP contribution in [0.25, 0.3) is 6.08 Å². The van der Waals surface area contributed by atoms with Crippen LogP contribution in [-0.4, -0.2) is 73.8 Å². The van der Waals surface area contributed by atoms with Crippen LogP contribution < -0.4 is 14.8 Å². The number of imide groups is 1. The van der Waals surface area contributed by atoms with Crippen molar-refractivity contribution < 1.29 is 23.9 Å². The van der Waals surface area contributed by atoms with Crippen molar-refractivity contribution in [2.45, 2.75) is 26.3 Å². The molecule has 3 amide bonds. The minimum absolute atomic E-state index is 0.132. The van der Waals surface area contributed by atoms with Gasteiger partial charge in [0.25, 0.3) is 11.1 Å². The zero-order valence-electron chi connectivity index (χ0n) is 18.1. The van der Waals surface area contributed by atoms with E-state index in [2.05, 4.69) is 19.2 Å². The lowest BCUT2D eigenvalue weighted by atomic mass is 10.2. The number of carbonyl (C=O) groups excluding carboxylic acids is 3. The summed E-state index contributed by atoms with van der Waals surface area (Å²) in [6.07, 6.45) is 2.60. The summed E-state index contributed by atoms with van der Waals surface area (Å²) in [4.78, 5) is 40.4. The molecule has 0 spiro atoms. The maximum Gasteiger partial charge on any atom is 0.293 e. The maximum absolute atomic E-state index is 12.6. The molecule has 164 valence electrons. The van der Waals surface area contributed by atoms with Gasteiger partial charge in [-0.3, -0.25) is 24.2 Å². The van der Waals surface area contributed by atoms with Crippen LogP contribution in [0.4, 0.5) is 4.79 Å². The number of likely N-dealkylation sites (N-methyl/N-ethyl adjacent to an activating group) is 1. The first kappa shape index (κ1) is 23.8. The second-order valence-corrected chi connectivity index (χ2v) is 7.96. The van der Waals surface area contributed by atoms with Crippen LogP contribution >= 0.6 is 11.8 Å². The molecule has 0 aliphatic carbocycles. The van der Waals surface area contributed by atoms with Crippen molar-refractivity contribution in [3.05, 3.63) is 28.7 Å². The van der Waals surface area contributed by atoms with Gasteiger partial charge in [-0.15, -0.1) is 0 Å². The Labute approximate surface area is 181 Å². The highest BCUT2D eigenvalue weighted by molar-refractivity contribution is 8.18. The molecule has 1 unspecified atom stereocenters. The summed E-state index contributed by atoms with van der Waals surface area (Å²) in [7, 11) is 4.97. The van der Waals surface area contributed by atoms with Gasteiger partial charge in [0.1, 0.15) is 0 Å². The summed E-state index contributed by atoms with van der Waals surface area (Å²) in [5.74, 6) is 0.615. The first-order valence-electron chi connectivity index (χ1n) is 9.75. The summed E-state index contributed by atoms with van der Waals surface area (Å²) in [5.41, 5.74) is 0.722. The lowest BCUT2D eigenvalue weighted by Crippen LogP contribution is -2.42. The number of amides is 3. The molecule has 1 aliphatic rings. The van der Waals surface area contributed by atoms with Crippen LogP contribution in [0.2, 0.25) is 0 Å². The number of carbonyl (C=O) groups is 3. The Bertz CT molecular complexity index is 827. The number of nitrogens with one attached hydrogen (secondary N) is 1. The van der Waals surface area contributed by atoms with E-state index in [0.29, 0.717) is 22.4 Å². The van der Waals surface area contributed by atoms with Crippen molar-refractivity contribution in [1.29, 1.82) is 0 Å². The number of hydrogen-bond donors (Lipinski definition) is 1. The molecule has 1 aliphatic heterocycles. The lowest BCUT2D eigenvalue weighted by Gasteiger charge is -2.22. The highest BCUT2D eigenvalue weighted by atomic mass is 32.2. The molecule has 1 saturated heterocycles. The molecule has 2 rings (SSSR count). The van der Waals surface area contributed by atoms with Gasteiger partial charge in [-0.25, -0.2) is 0 Å². The quantitative estimate of drug-likeness (QED) is 0.565. The third-order valence-corrected chi connectivity index (χ3v) is 5.88. The van der Waals surface area contributed by atoms with Crippen LogP contribution in [0.1, 0.15) is 25.8 Å². The van der Waals surface area contributed by atoms with Gasteiger partial charge in [0.15, 0.2) is 11.5 Å². The van der Waals surface area contributed by atoms with Crippen molar-refractivity contribution in [2.75, 3.05) is 40.9 Å². The normalized spacial score (nSPS) is 16.3. The molecule has 8 nitrogen and oxygen atoms in total. The number of thioether (sulfide) groups is 1. The van der Waals surface area contributed by atoms with Gasteiger partial charge in [0.05, 0.1) is 25.7 Å². The van der Waals surface area contributed by atoms with Crippen LogP contribution in [-0.2, 0) is 9.59 Å². The molecule has 1 aromatic carbocycles. The minimum atomic E-state index is -0.370. The second kappa shape index (κ2) is 11.0. The van der Waals surface area contributed by atoms with E-state index in [1.54, 1.807) is 31.4 Å². The maximum atomic E-state index is 12.6. The molecule has 9 heteroatoms. The van der Waals surface area contributed by atoms with Crippen LogP contribution in [0.15, 0.2) is 23.1 Å². The Morgan fingerprint density at radius 3 is 2.60 bits per heavy atom. The Balaban J connectivity index is 1.95. The third kappa shape index (κ3) is 5.99. The third-order valence-electron chi connectivity index (χ3n) is 4.97. The number of benzene rings is 1. The first-order valence-corrected chi connectivity index (χ1v) is 10.6. The lowest BCUT2D eigenvalue weighted by molar-refractivity contribution is -0.124. The van der Waals surface area contributed by atoms with Crippen molar-refractivity contribution >= 4 is 34.9 Å². The van der Waals surface area contributed by atoms with Crippen molar-refractivity contribution in [2.24, 2.45) is 0 Å². The van der Waals surface area contributed by atoms with Crippen molar-refractivity contribution in [3.8, 4) is 11.5 Å². The van der Waals surface area contributed by atoms with E-state index in [4.69, 9.17) is 9.47 Å². The fourth-order valence-corrected chi connectivity index (χ4v) is 3.71. The predicted octanol–water partition coefficient (Wildman–Crippen LogP) is 2.59. The topological polar surface area (TPSA) is 88.2 Å². The van der Waals surface area contributed by atoms with Gasteiger partial charge in [-0.1, -0.05) is 13.0 Å². The molecule has 0 radical (unpaired) electrons. The van der Waals surface area contributed by atoms with Crippen molar-refractivity contribution in [3.63, 3.8) is 0 Å². The molecular weight excluding hydrogens is 406 g/mol. The van der Waals surface area contributed by atoms with E-state index in [9.17, 15) is 14.4 Å². The second-order valence-electron chi connectivity index (χ2n) is 6.97. The molecule has 1 fully saturated rings. The zero-order chi connectivity index (χ0) is 22.3. The average molecular weight is 436 g/mol. The standard InChI is InChI=1S/C21H29N3O5S/c1-6-14(2)23(3)13-19(25)22-9-10-24-20(26)18(30-21(24)27)12-15-7-8-16(28-4)17(11-15)29-5/h7-8,11-12,14H,6,9-10,13H2,1-5H3,(H,22,25)/b18-12+. The van der Waals surface area contributed by atoms with E-state index < -0.39 is 0 Å². The van der Waals surface area contributed by atoms with Crippen LogP contribution in [0.5, 0.6) is 11.5 Å². The number of methoxy groups -OCH3 is 2. The van der Waals surface area contributed by atoms with Gasteiger partial charge in [-0.05, 0) is 55.9 Å². The van der Waals surface area contributed by atoms with Gasteiger partial charge in [-0.2, -0.15) is 0 Å². The molecular formula is C21H29N3O5S. The summed E-state index contributed by atoms with van der Waals surface area (Å²) < 4.78 is 10.5. The van der Waals surface area contributed by atoms with Crippen LogP contribution in [0, 0.1) is 0 Å². The Kier molecular flexibility index (Phi) is 8.73. The summed E-state index contributed by atoms with van der Waals surface area (Å²) in [6, 6.07) is 5.56. The molecule has 0 bridgehead atoms. The molecule has 1 N–H and O–H groups in total. The molecule has 0 saturated carbocycles. The highest BCUT2D eigenvalue weighted by Crippen LogP contribution is 2.34. The predicted molar refractivity (Wildman–Crippen MR) is 118 cm³/mol. The highest BCUT2D eigenvalue weighted by Gasteiger charge is 2.34. The smallest absolute Gasteiger partial charge is 0.293 e. The number of rotatable bonds is 10. The Morgan fingerprint density at radius 1 is 1.27 bits per heavy atom. The first-order chi connectivity index (χ1) is 14.3. The molecule has 1 heterocycles. The van der Waals surface area contributed by atoms with E-state index in [-0.39, 0.29) is 36.7 Å². The minimum Gasteiger partial charge on any atom is -0.493 e.